The molecule has 0 aliphatic rings. The average molecular weight is 602 g/mol. The highest BCUT2D eigenvalue weighted by Crippen LogP contribution is 2.26. The van der Waals surface area contributed by atoms with Crippen LogP contribution in [-0.2, 0) is 32.6 Å². The van der Waals surface area contributed by atoms with Crippen LogP contribution in [0.4, 0.5) is 10.1 Å². The fourth-order valence-corrected chi connectivity index (χ4v) is 6.20. The summed E-state index contributed by atoms with van der Waals surface area (Å²) >= 11 is 0. The van der Waals surface area contributed by atoms with Gasteiger partial charge in [-0.3, -0.25) is 13.9 Å². The van der Waals surface area contributed by atoms with Crippen molar-refractivity contribution in [2.24, 2.45) is 0 Å². The number of amides is 2. The molecular weight excluding hydrogens is 565 g/mol. The zero-order valence-corrected chi connectivity index (χ0v) is 25.3. The molecule has 4 aromatic rings. The predicted molar refractivity (Wildman–Crippen MR) is 166 cm³/mol. The van der Waals surface area contributed by atoms with Gasteiger partial charge in [0.1, 0.15) is 18.4 Å². The second-order valence-corrected chi connectivity index (χ2v) is 12.5. The van der Waals surface area contributed by atoms with E-state index < -0.39 is 40.2 Å². The summed E-state index contributed by atoms with van der Waals surface area (Å²) < 4.78 is 43.9. The first kappa shape index (κ1) is 31.4. The molecule has 0 spiro atoms. The van der Waals surface area contributed by atoms with Crippen LogP contribution in [0.2, 0.25) is 0 Å². The molecule has 0 aromatic heterocycles. The van der Waals surface area contributed by atoms with Crippen molar-refractivity contribution in [2.45, 2.75) is 50.7 Å². The molecule has 0 heterocycles. The molecule has 9 heteroatoms. The molecule has 0 bridgehead atoms. The third-order valence-corrected chi connectivity index (χ3v) is 8.69. The van der Waals surface area contributed by atoms with Crippen LogP contribution < -0.4 is 9.62 Å². The maximum atomic E-state index is 15.0. The van der Waals surface area contributed by atoms with Gasteiger partial charge in [0.25, 0.3) is 10.0 Å². The number of anilines is 1. The number of aryl methyl sites for hydroxylation is 1. The Morgan fingerprint density at radius 2 is 1.47 bits per heavy atom. The highest BCUT2D eigenvalue weighted by Gasteiger charge is 2.35. The summed E-state index contributed by atoms with van der Waals surface area (Å²) in [5.41, 5.74) is 2.11. The molecule has 43 heavy (non-hydrogen) atoms. The average Bonchev–Trinajstić information content (AvgIpc) is 2.99. The van der Waals surface area contributed by atoms with Gasteiger partial charge in [0.15, 0.2) is 0 Å². The normalized spacial score (nSPS) is 12.0. The number of benzene rings is 4. The van der Waals surface area contributed by atoms with E-state index in [1.807, 2.05) is 57.2 Å². The number of hydrogen-bond acceptors (Lipinski definition) is 4. The molecule has 224 valence electrons. The fraction of sp³-hybridized carbons (Fsp3) is 0.235. The van der Waals surface area contributed by atoms with E-state index in [9.17, 15) is 22.4 Å². The van der Waals surface area contributed by atoms with Gasteiger partial charge in [-0.2, -0.15) is 0 Å². The maximum Gasteiger partial charge on any atom is 0.264 e. The van der Waals surface area contributed by atoms with Crippen LogP contribution in [0, 0.1) is 12.7 Å². The molecule has 1 N–H and O–H groups in total. The minimum absolute atomic E-state index is 0.0170. The van der Waals surface area contributed by atoms with Crippen LogP contribution in [-0.4, -0.2) is 43.8 Å². The Balaban J connectivity index is 1.81. The summed E-state index contributed by atoms with van der Waals surface area (Å²) in [6.07, 6.45) is 0.148. The van der Waals surface area contributed by atoms with Crippen LogP contribution in [0.3, 0.4) is 0 Å². The molecule has 0 aliphatic carbocycles. The number of hydrogen-bond donors (Lipinski definition) is 1. The topological polar surface area (TPSA) is 86.8 Å². The van der Waals surface area contributed by atoms with Crippen molar-refractivity contribution < 1.29 is 22.4 Å². The highest BCUT2D eigenvalue weighted by molar-refractivity contribution is 7.92. The Kier molecular flexibility index (Phi) is 10.3. The number of nitrogens with one attached hydrogen (secondary N) is 1. The molecule has 0 aliphatic heterocycles. The lowest BCUT2D eigenvalue weighted by Gasteiger charge is -2.34. The second-order valence-electron chi connectivity index (χ2n) is 10.6. The van der Waals surface area contributed by atoms with Crippen molar-refractivity contribution in [3.05, 3.63) is 132 Å². The summed E-state index contributed by atoms with van der Waals surface area (Å²) in [5.74, 6) is -1.60. The lowest BCUT2D eigenvalue weighted by molar-refractivity contribution is -0.140. The number of halogens is 1. The van der Waals surface area contributed by atoms with Crippen LogP contribution in [0.25, 0.3) is 0 Å². The summed E-state index contributed by atoms with van der Waals surface area (Å²) in [6, 6.07) is 28.7. The van der Waals surface area contributed by atoms with Crippen LogP contribution >= 0.6 is 0 Å². The maximum absolute atomic E-state index is 15.0. The van der Waals surface area contributed by atoms with Gasteiger partial charge in [-0.15, -0.1) is 0 Å². The summed E-state index contributed by atoms with van der Waals surface area (Å²) in [7, 11) is -4.19. The molecule has 0 saturated heterocycles. The van der Waals surface area contributed by atoms with E-state index in [2.05, 4.69) is 5.32 Å². The molecule has 0 unspecified atom stereocenters. The molecule has 4 rings (SSSR count). The largest absolute Gasteiger partial charge is 0.352 e. The van der Waals surface area contributed by atoms with E-state index >= 15 is 0 Å². The third-order valence-electron chi connectivity index (χ3n) is 6.90. The Morgan fingerprint density at radius 3 is 2.09 bits per heavy atom. The Bertz CT molecular complexity index is 1650. The predicted octanol–water partition coefficient (Wildman–Crippen LogP) is 5.49. The van der Waals surface area contributed by atoms with Crippen molar-refractivity contribution in [3.63, 3.8) is 0 Å². The lowest BCUT2D eigenvalue weighted by atomic mass is 10.0. The van der Waals surface area contributed by atoms with E-state index in [0.717, 1.165) is 15.4 Å². The summed E-state index contributed by atoms with van der Waals surface area (Å²) in [5, 5.41) is 2.89. The van der Waals surface area contributed by atoms with E-state index in [0.29, 0.717) is 5.69 Å². The van der Waals surface area contributed by atoms with Gasteiger partial charge < -0.3 is 10.2 Å². The number of rotatable bonds is 12. The van der Waals surface area contributed by atoms with Crippen molar-refractivity contribution in [3.8, 4) is 0 Å². The first-order chi connectivity index (χ1) is 20.6. The third kappa shape index (κ3) is 8.08. The number of carbonyl (C=O) groups is 2. The van der Waals surface area contributed by atoms with Crippen LogP contribution in [0.15, 0.2) is 114 Å². The number of sulfonamides is 1. The summed E-state index contributed by atoms with van der Waals surface area (Å²) in [4.78, 5) is 29.3. The fourth-order valence-electron chi connectivity index (χ4n) is 4.78. The molecule has 4 aromatic carbocycles. The van der Waals surface area contributed by atoms with Crippen LogP contribution in [0.5, 0.6) is 0 Å². The Labute approximate surface area is 253 Å². The second kappa shape index (κ2) is 14.1. The van der Waals surface area contributed by atoms with Gasteiger partial charge in [0.05, 0.1) is 10.6 Å². The van der Waals surface area contributed by atoms with E-state index in [1.165, 1.54) is 23.1 Å². The Hall–Kier alpha value is -4.50. The van der Waals surface area contributed by atoms with Gasteiger partial charge in [0, 0.05) is 24.6 Å². The monoisotopic (exact) mass is 601 g/mol. The minimum Gasteiger partial charge on any atom is -0.352 e. The molecule has 0 radical (unpaired) electrons. The molecule has 2 amide bonds. The van der Waals surface area contributed by atoms with E-state index in [1.54, 1.807) is 54.6 Å². The molecule has 1 atom stereocenters. The number of nitrogens with zero attached hydrogens (tertiary/aromatic N) is 2. The molecular formula is C34H36FN3O4S. The molecule has 0 fully saturated rings. The molecule has 0 saturated carbocycles. The highest BCUT2D eigenvalue weighted by atomic mass is 32.2. The van der Waals surface area contributed by atoms with Gasteiger partial charge >= 0.3 is 0 Å². The summed E-state index contributed by atoms with van der Waals surface area (Å²) in [6.45, 7) is 4.62. The number of carbonyl (C=O) groups excluding carboxylic acids is 2. The van der Waals surface area contributed by atoms with Gasteiger partial charge in [-0.25, -0.2) is 12.8 Å². The van der Waals surface area contributed by atoms with Gasteiger partial charge in [-0.05, 0) is 62.2 Å². The van der Waals surface area contributed by atoms with Crippen molar-refractivity contribution >= 4 is 27.5 Å². The first-order valence-electron chi connectivity index (χ1n) is 14.1. The van der Waals surface area contributed by atoms with Crippen LogP contribution in [0.1, 0.15) is 30.5 Å². The van der Waals surface area contributed by atoms with E-state index in [4.69, 9.17) is 0 Å². The van der Waals surface area contributed by atoms with Gasteiger partial charge in [0.2, 0.25) is 11.8 Å². The van der Waals surface area contributed by atoms with Crippen molar-refractivity contribution in [1.29, 1.82) is 0 Å². The van der Waals surface area contributed by atoms with E-state index in [-0.39, 0.29) is 29.5 Å². The SMILES string of the molecule is Cc1cccc(N(CC(=O)N(Cc2ccccc2F)[C@H](Cc2ccccc2)C(=O)NC(C)C)S(=O)(=O)c2ccccc2)c1. The smallest absolute Gasteiger partial charge is 0.264 e. The van der Waals surface area contributed by atoms with Crippen molar-refractivity contribution in [1.82, 2.24) is 10.2 Å². The quantitative estimate of drug-likeness (QED) is 0.233. The van der Waals surface area contributed by atoms with Crippen molar-refractivity contribution in [2.75, 3.05) is 10.8 Å². The Morgan fingerprint density at radius 1 is 0.837 bits per heavy atom. The lowest BCUT2D eigenvalue weighted by Crippen LogP contribution is -2.54. The minimum atomic E-state index is -4.19. The standard InChI is InChI=1S/C34H36FN3O4S/c1-25(2)36-34(40)32(22-27-14-6-4-7-15-27)37(23-28-16-10-11-20-31(28)35)33(39)24-38(29-17-12-13-26(3)21-29)43(41,42)30-18-8-5-9-19-30/h4-21,25,32H,22-24H2,1-3H3,(H,36,40)/t32-/m1/s1. The molecule has 7 nitrogen and oxygen atoms in total. The first-order valence-corrected chi connectivity index (χ1v) is 15.5. The zero-order chi connectivity index (χ0) is 31.0. The van der Waals surface area contributed by atoms with Gasteiger partial charge in [-0.1, -0.05) is 78.9 Å². The zero-order valence-electron chi connectivity index (χ0n) is 24.5.